The number of halogens is 1. The predicted molar refractivity (Wildman–Crippen MR) is 98.8 cm³/mol. The molecule has 1 unspecified atom stereocenters. The highest BCUT2D eigenvalue weighted by molar-refractivity contribution is 6.30. The molecular weight excluding hydrogens is 338 g/mol. The Bertz CT molecular complexity index is 686. The summed E-state index contributed by atoms with van der Waals surface area (Å²) in [6, 6.07) is 9.40. The lowest BCUT2D eigenvalue weighted by molar-refractivity contribution is 0.189. The zero-order chi connectivity index (χ0) is 17.6. The van der Waals surface area contributed by atoms with Gasteiger partial charge in [0.25, 0.3) is 0 Å². The van der Waals surface area contributed by atoms with Crippen LogP contribution in [0.15, 0.2) is 42.7 Å². The van der Waals surface area contributed by atoms with Crippen molar-refractivity contribution in [2.45, 2.75) is 19.4 Å². The maximum Gasteiger partial charge on any atom is 0.318 e. The first-order valence-electron chi connectivity index (χ1n) is 8.50. The molecule has 0 spiro atoms. The van der Waals surface area contributed by atoms with Crippen LogP contribution in [-0.4, -0.2) is 47.1 Å². The lowest BCUT2D eigenvalue weighted by atomic mass is 10.1. The Morgan fingerprint density at radius 1 is 1.20 bits per heavy atom. The van der Waals surface area contributed by atoms with Crippen LogP contribution in [0.1, 0.15) is 25.1 Å². The molecule has 6 nitrogen and oxygen atoms in total. The molecule has 2 aromatic rings. The predicted octanol–water partition coefficient (Wildman–Crippen LogP) is 3.11. The van der Waals surface area contributed by atoms with Crippen molar-refractivity contribution in [3.63, 3.8) is 0 Å². The van der Waals surface area contributed by atoms with E-state index in [4.69, 9.17) is 11.6 Å². The molecule has 0 saturated carbocycles. The van der Waals surface area contributed by atoms with E-state index in [0.717, 1.165) is 31.0 Å². The van der Waals surface area contributed by atoms with Gasteiger partial charge in [0.1, 0.15) is 5.82 Å². The van der Waals surface area contributed by atoms with E-state index in [-0.39, 0.29) is 12.1 Å². The molecule has 1 N–H and O–H groups in total. The van der Waals surface area contributed by atoms with Crippen molar-refractivity contribution >= 4 is 23.4 Å². The number of rotatable bonds is 4. The van der Waals surface area contributed by atoms with Crippen molar-refractivity contribution < 1.29 is 4.79 Å². The van der Waals surface area contributed by atoms with Gasteiger partial charge in [-0.15, -0.1) is 0 Å². The minimum Gasteiger partial charge on any atom is -0.353 e. The van der Waals surface area contributed by atoms with E-state index >= 15 is 0 Å². The fourth-order valence-electron chi connectivity index (χ4n) is 2.90. The van der Waals surface area contributed by atoms with Crippen LogP contribution in [-0.2, 0) is 0 Å². The first-order chi connectivity index (χ1) is 12.2. The third-order valence-electron chi connectivity index (χ3n) is 4.35. The summed E-state index contributed by atoms with van der Waals surface area (Å²) in [6.07, 6.45) is 4.20. The molecule has 0 radical (unpaired) electrons. The van der Waals surface area contributed by atoms with Crippen LogP contribution in [0.5, 0.6) is 0 Å². The number of hydrogen-bond donors (Lipinski definition) is 1. The summed E-state index contributed by atoms with van der Waals surface area (Å²) in [5.74, 6) is 0.893. The lowest BCUT2D eigenvalue weighted by Gasteiger charge is -2.36. The summed E-state index contributed by atoms with van der Waals surface area (Å²) in [7, 11) is 0. The van der Waals surface area contributed by atoms with Crippen LogP contribution in [0.4, 0.5) is 10.6 Å². The maximum atomic E-state index is 12.6. The number of amides is 2. The Kier molecular flexibility index (Phi) is 5.71. The average molecular weight is 360 g/mol. The number of pyridine rings is 2. The first kappa shape index (κ1) is 17.5. The van der Waals surface area contributed by atoms with E-state index in [1.165, 1.54) is 0 Å². The van der Waals surface area contributed by atoms with Gasteiger partial charge >= 0.3 is 6.03 Å². The molecule has 1 aliphatic heterocycles. The van der Waals surface area contributed by atoms with Crippen molar-refractivity contribution in [2.24, 2.45) is 0 Å². The summed E-state index contributed by atoms with van der Waals surface area (Å²) >= 11 is 5.88. The lowest BCUT2D eigenvalue weighted by Crippen LogP contribution is -2.52. The summed E-state index contributed by atoms with van der Waals surface area (Å²) in [6.45, 7) is 4.87. The standard InChI is InChI=1S/C18H22ClN5O/c1-2-15(16-5-3-4-8-20-16)22-18(25)24-11-9-23(10-12-24)17-7-6-14(19)13-21-17/h3-8,13,15H,2,9-12H2,1H3,(H,22,25). The third-order valence-corrected chi connectivity index (χ3v) is 4.58. The summed E-state index contributed by atoms with van der Waals surface area (Å²) in [5.41, 5.74) is 0.891. The Labute approximate surface area is 152 Å². The molecule has 1 aliphatic rings. The molecule has 3 heterocycles. The van der Waals surface area contributed by atoms with Gasteiger partial charge < -0.3 is 15.1 Å². The number of piperazine rings is 1. The van der Waals surface area contributed by atoms with Crippen LogP contribution in [0, 0.1) is 0 Å². The molecule has 25 heavy (non-hydrogen) atoms. The highest BCUT2D eigenvalue weighted by Crippen LogP contribution is 2.17. The van der Waals surface area contributed by atoms with Gasteiger partial charge in [-0.25, -0.2) is 9.78 Å². The minimum atomic E-state index is -0.0651. The van der Waals surface area contributed by atoms with E-state index < -0.39 is 0 Å². The Morgan fingerprint density at radius 2 is 2.00 bits per heavy atom. The molecule has 0 aromatic carbocycles. The number of hydrogen-bond acceptors (Lipinski definition) is 4. The van der Waals surface area contributed by atoms with Crippen LogP contribution in [0.2, 0.25) is 5.02 Å². The summed E-state index contributed by atoms with van der Waals surface area (Å²) < 4.78 is 0. The van der Waals surface area contributed by atoms with E-state index in [1.54, 1.807) is 12.4 Å². The molecule has 1 atom stereocenters. The van der Waals surface area contributed by atoms with Gasteiger partial charge in [-0.05, 0) is 30.7 Å². The second-order valence-electron chi connectivity index (χ2n) is 5.97. The fraction of sp³-hybridized carbons (Fsp3) is 0.389. The second-order valence-corrected chi connectivity index (χ2v) is 6.41. The van der Waals surface area contributed by atoms with Crippen molar-refractivity contribution in [2.75, 3.05) is 31.1 Å². The number of urea groups is 1. The largest absolute Gasteiger partial charge is 0.353 e. The van der Waals surface area contributed by atoms with E-state index in [9.17, 15) is 4.79 Å². The van der Waals surface area contributed by atoms with Gasteiger partial charge in [-0.1, -0.05) is 24.6 Å². The summed E-state index contributed by atoms with van der Waals surface area (Å²) in [5, 5.41) is 3.71. The maximum absolute atomic E-state index is 12.6. The van der Waals surface area contributed by atoms with Crippen LogP contribution in [0.25, 0.3) is 0 Å². The molecule has 1 fully saturated rings. The van der Waals surface area contributed by atoms with Crippen LogP contribution >= 0.6 is 11.6 Å². The number of nitrogens with one attached hydrogen (secondary N) is 1. The molecule has 132 valence electrons. The quantitative estimate of drug-likeness (QED) is 0.911. The number of carbonyl (C=O) groups excluding carboxylic acids is 1. The van der Waals surface area contributed by atoms with Crippen molar-refractivity contribution in [1.29, 1.82) is 0 Å². The van der Waals surface area contributed by atoms with Crippen molar-refractivity contribution in [1.82, 2.24) is 20.2 Å². The van der Waals surface area contributed by atoms with Gasteiger partial charge in [0.05, 0.1) is 16.8 Å². The van der Waals surface area contributed by atoms with Gasteiger partial charge in [0.2, 0.25) is 0 Å². The van der Waals surface area contributed by atoms with Gasteiger partial charge in [0.15, 0.2) is 0 Å². The Hall–Kier alpha value is -2.34. The smallest absolute Gasteiger partial charge is 0.318 e. The highest BCUT2D eigenvalue weighted by atomic mass is 35.5. The fourth-order valence-corrected chi connectivity index (χ4v) is 3.01. The normalized spacial score (nSPS) is 15.8. The SMILES string of the molecule is CCC(NC(=O)N1CCN(c2ccc(Cl)cn2)CC1)c1ccccn1. The van der Waals surface area contributed by atoms with Crippen molar-refractivity contribution in [3.05, 3.63) is 53.4 Å². The Morgan fingerprint density at radius 3 is 2.60 bits per heavy atom. The van der Waals surface area contributed by atoms with E-state index in [0.29, 0.717) is 18.1 Å². The number of nitrogens with zero attached hydrogens (tertiary/aromatic N) is 4. The van der Waals surface area contributed by atoms with Gasteiger partial charge in [-0.2, -0.15) is 0 Å². The third kappa shape index (κ3) is 4.39. The molecule has 3 rings (SSSR count). The first-order valence-corrected chi connectivity index (χ1v) is 8.88. The zero-order valence-corrected chi connectivity index (χ0v) is 15.0. The topological polar surface area (TPSA) is 61.4 Å². The Balaban J connectivity index is 1.55. The van der Waals surface area contributed by atoms with E-state index in [1.807, 2.05) is 42.2 Å². The van der Waals surface area contributed by atoms with Gasteiger partial charge in [0, 0.05) is 38.6 Å². The zero-order valence-electron chi connectivity index (χ0n) is 14.2. The molecule has 2 aromatic heterocycles. The van der Waals surface area contributed by atoms with Crippen LogP contribution in [0.3, 0.4) is 0 Å². The number of carbonyl (C=O) groups is 1. The number of anilines is 1. The molecule has 1 saturated heterocycles. The monoisotopic (exact) mass is 359 g/mol. The van der Waals surface area contributed by atoms with Gasteiger partial charge in [-0.3, -0.25) is 4.98 Å². The number of aromatic nitrogens is 2. The van der Waals surface area contributed by atoms with Crippen LogP contribution < -0.4 is 10.2 Å². The van der Waals surface area contributed by atoms with E-state index in [2.05, 4.69) is 20.2 Å². The molecule has 0 bridgehead atoms. The average Bonchev–Trinajstić information content (AvgIpc) is 2.67. The van der Waals surface area contributed by atoms with Crippen molar-refractivity contribution in [3.8, 4) is 0 Å². The highest BCUT2D eigenvalue weighted by Gasteiger charge is 2.24. The molecule has 7 heteroatoms. The molecule has 0 aliphatic carbocycles. The summed E-state index contributed by atoms with van der Waals surface area (Å²) in [4.78, 5) is 25.3. The molecular formula is C18H22ClN5O. The molecule has 2 amide bonds. The second kappa shape index (κ2) is 8.16. The minimum absolute atomic E-state index is 0.0405.